The molecule has 24 heavy (non-hydrogen) atoms. The molecule has 3 rings (SSSR count). The van der Waals surface area contributed by atoms with E-state index in [0.29, 0.717) is 29.1 Å². The molecule has 2 aromatic heterocycles. The molecule has 1 aromatic carbocycles. The summed E-state index contributed by atoms with van der Waals surface area (Å²) < 4.78 is 5.82. The fourth-order valence-electron chi connectivity index (χ4n) is 2.25. The van der Waals surface area contributed by atoms with Crippen molar-refractivity contribution in [2.75, 3.05) is 0 Å². The molecule has 0 bridgehead atoms. The number of H-pyrrole nitrogens is 1. The second kappa shape index (κ2) is 6.62. The lowest BCUT2D eigenvalue weighted by molar-refractivity contribution is -0.114. The number of nitrogens with one attached hydrogen (secondary N) is 1. The highest BCUT2D eigenvalue weighted by molar-refractivity contribution is 5.96. The summed E-state index contributed by atoms with van der Waals surface area (Å²) in [7, 11) is 0. The van der Waals surface area contributed by atoms with Crippen LogP contribution in [-0.4, -0.2) is 20.9 Å². The first-order valence-corrected chi connectivity index (χ1v) is 7.13. The number of rotatable bonds is 5. The minimum absolute atomic E-state index is 0.0910. The zero-order chi connectivity index (χ0) is 16.9. The van der Waals surface area contributed by atoms with E-state index in [1.54, 1.807) is 12.3 Å². The summed E-state index contributed by atoms with van der Waals surface area (Å²) in [6, 6.07) is 11.0. The minimum Gasteiger partial charge on any atom is -0.438 e. The molecule has 118 valence electrons. The zero-order valence-corrected chi connectivity index (χ0v) is 12.6. The third-order valence-corrected chi connectivity index (χ3v) is 3.39. The number of carbonyl (C=O) groups is 1. The van der Waals surface area contributed by atoms with Gasteiger partial charge in [-0.05, 0) is 24.1 Å². The van der Waals surface area contributed by atoms with Crippen molar-refractivity contribution >= 4 is 16.9 Å². The topological polar surface area (TPSA) is 118 Å². The quantitative estimate of drug-likeness (QED) is 0.552. The van der Waals surface area contributed by atoms with Crippen LogP contribution in [0, 0.1) is 11.3 Å². The van der Waals surface area contributed by atoms with Crippen LogP contribution in [0.25, 0.3) is 11.0 Å². The number of nitriles is 1. The van der Waals surface area contributed by atoms with Crippen molar-refractivity contribution in [2.24, 2.45) is 5.73 Å². The first-order chi connectivity index (χ1) is 11.7. The Morgan fingerprint density at radius 3 is 2.83 bits per heavy atom. The van der Waals surface area contributed by atoms with Crippen molar-refractivity contribution in [3.8, 4) is 17.7 Å². The van der Waals surface area contributed by atoms with Gasteiger partial charge in [-0.25, -0.2) is 9.97 Å². The number of nitrogens with zero attached hydrogens (tertiary/aromatic N) is 3. The number of nitrogens with two attached hydrogens (primary N) is 1. The molecule has 3 aromatic rings. The van der Waals surface area contributed by atoms with Gasteiger partial charge in [-0.15, -0.1) is 0 Å². The Bertz CT molecular complexity index is 954. The van der Waals surface area contributed by atoms with Crippen LogP contribution in [0.4, 0.5) is 0 Å². The molecule has 0 fully saturated rings. The van der Waals surface area contributed by atoms with E-state index in [1.807, 2.05) is 30.3 Å². The number of hydrogen-bond acceptors (Lipinski definition) is 5. The average Bonchev–Trinajstić information content (AvgIpc) is 3.00. The van der Waals surface area contributed by atoms with Gasteiger partial charge in [-0.3, -0.25) is 4.79 Å². The predicted molar refractivity (Wildman–Crippen MR) is 87.0 cm³/mol. The van der Waals surface area contributed by atoms with Gasteiger partial charge in [-0.1, -0.05) is 24.3 Å². The Morgan fingerprint density at radius 1 is 1.33 bits per heavy atom. The summed E-state index contributed by atoms with van der Waals surface area (Å²) in [5.74, 6) is 0.290. The number of fused-ring (bicyclic) bond motifs is 1. The van der Waals surface area contributed by atoms with Crippen LogP contribution in [0.5, 0.6) is 11.6 Å². The number of ether oxygens (including phenoxy) is 1. The van der Waals surface area contributed by atoms with Crippen LogP contribution in [0.15, 0.2) is 54.5 Å². The predicted octanol–water partition coefficient (Wildman–Crippen LogP) is 2.23. The number of amides is 1. The monoisotopic (exact) mass is 319 g/mol. The lowest BCUT2D eigenvalue weighted by atomic mass is 10.1. The Morgan fingerprint density at radius 2 is 2.12 bits per heavy atom. The van der Waals surface area contributed by atoms with E-state index in [0.717, 1.165) is 5.56 Å². The summed E-state index contributed by atoms with van der Waals surface area (Å²) in [4.78, 5) is 22.5. The fraction of sp³-hybridized carbons (Fsp3) is 0.0588. The van der Waals surface area contributed by atoms with Gasteiger partial charge in [0.05, 0.1) is 5.39 Å². The third kappa shape index (κ3) is 3.08. The zero-order valence-electron chi connectivity index (χ0n) is 12.6. The summed E-state index contributed by atoms with van der Waals surface area (Å²) >= 11 is 0. The van der Waals surface area contributed by atoms with Crippen LogP contribution < -0.4 is 10.5 Å². The number of aromatic nitrogens is 3. The molecule has 0 atom stereocenters. The number of aromatic amines is 1. The maximum Gasteiger partial charge on any atom is 0.259 e. The van der Waals surface area contributed by atoms with Gasteiger partial charge in [0, 0.05) is 6.20 Å². The highest BCUT2D eigenvalue weighted by atomic mass is 16.5. The van der Waals surface area contributed by atoms with Gasteiger partial charge in [0.1, 0.15) is 29.4 Å². The first kappa shape index (κ1) is 15.2. The molecule has 0 spiro atoms. The Labute approximate surface area is 137 Å². The summed E-state index contributed by atoms with van der Waals surface area (Å²) in [6.45, 7) is 0. The lowest BCUT2D eigenvalue weighted by Crippen LogP contribution is -2.12. The maximum absolute atomic E-state index is 11.1. The molecule has 0 saturated heterocycles. The van der Waals surface area contributed by atoms with Crippen molar-refractivity contribution in [1.29, 1.82) is 5.26 Å². The van der Waals surface area contributed by atoms with Gasteiger partial charge in [0.25, 0.3) is 5.91 Å². The summed E-state index contributed by atoms with van der Waals surface area (Å²) in [5, 5.41) is 9.61. The Balaban J connectivity index is 1.98. The van der Waals surface area contributed by atoms with Crippen LogP contribution in [-0.2, 0) is 11.2 Å². The molecule has 7 heteroatoms. The van der Waals surface area contributed by atoms with E-state index in [4.69, 9.17) is 15.7 Å². The normalized spacial score (nSPS) is 11.2. The SMILES string of the molecule is N#CC(=CCc1c[nH]c2ncnc(Oc3ccccc3)c12)C(N)=O. The standard InChI is InChI=1S/C17H13N5O2/c18-8-11(15(19)23)6-7-12-9-20-16-14(12)17(22-10-21-16)24-13-4-2-1-3-5-13/h1-6,9-10H,7H2,(H2,19,23)(H,20,21,22). The van der Waals surface area contributed by atoms with E-state index in [2.05, 4.69) is 15.0 Å². The highest BCUT2D eigenvalue weighted by Gasteiger charge is 2.13. The number of para-hydroxylation sites is 1. The number of primary amides is 1. The summed E-state index contributed by atoms with van der Waals surface area (Å²) in [6.07, 6.45) is 4.94. The largest absolute Gasteiger partial charge is 0.438 e. The molecule has 2 heterocycles. The average molecular weight is 319 g/mol. The Hall–Kier alpha value is -3.66. The molecule has 7 nitrogen and oxygen atoms in total. The van der Waals surface area contributed by atoms with E-state index in [-0.39, 0.29) is 5.57 Å². The molecular formula is C17H13N5O2. The highest BCUT2D eigenvalue weighted by Crippen LogP contribution is 2.29. The van der Waals surface area contributed by atoms with Crippen LogP contribution in [0.1, 0.15) is 5.56 Å². The molecule has 1 amide bonds. The number of allylic oxidation sites excluding steroid dienone is 1. The first-order valence-electron chi connectivity index (χ1n) is 7.13. The fourth-order valence-corrected chi connectivity index (χ4v) is 2.25. The molecule has 0 saturated carbocycles. The molecule has 0 aliphatic heterocycles. The maximum atomic E-state index is 11.1. The van der Waals surface area contributed by atoms with Crippen LogP contribution in [0.3, 0.4) is 0 Å². The van der Waals surface area contributed by atoms with Gasteiger partial charge in [-0.2, -0.15) is 5.26 Å². The van der Waals surface area contributed by atoms with E-state index in [9.17, 15) is 4.79 Å². The van der Waals surface area contributed by atoms with E-state index in [1.165, 1.54) is 12.4 Å². The molecule has 0 aliphatic carbocycles. The van der Waals surface area contributed by atoms with Crippen molar-refractivity contribution in [3.63, 3.8) is 0 Å². The van der Waals surface area contributed by atoms with Crippen molar-refractivity contribution in [2.45, 2.75) is 6.42 Å². The molecule has 3 N–H and O–H groups in total. The molecule has 0 radical (unpaired) electrons. The molecule has 0 unspecified atom stereocenters. The number of hydrogen-bond donors (Lipinski definition) is 2. The number of carbonyl (C=O) groups excluding carboxylic acids is 1. The third-order valence-electron chi connectivity index (χ3n) is 3.39. The Kier molecular flexibility index (Phi) is 4.21. The van der Waals surface area contributed by atoms with Crippen molar-refractivity contribution in [3.05, 3.63) is 60.1 Å². The van der Waals surface area contributed by atoms with Gasteiger partial charge >= 0.3 is 0 Å². The lowest BCUT2D eigenvalue weighted by Gasteiger charge is -2.06. The van der Waals surface area contributed by atoms with Crippen LogP contribution in [0.2, 0.25) is 0 Å². The van der Waals surface area contributed by atoms with Crippen molar-refractivity contribution in [1.82, 2.24) is 15.0 Å². The molecular weight excluding hydrogens is 306 g/mol. The second-order valence-corrected chi connectivity index (χ2v) is 4.93. The van der Waals surface area contributed by atoms with Crippen LogP contribution >= 0.6 is 0 Å². The van der Waals surface area contributed by atoms with Gasteiger partial charge in [0.2, 0.25) is 5.88 Å². The van der Waals surface area contributed by atoms with E-state index >= 15 is 0 Å². The summed E-state index contributed by atoms with van der Waals surface area (Å²) in [5.41, 5.74) is 6.46. The minimum atomic E-state index is -0.755. The van der Waals surface area contributed by atoms with E-state index < -0.39 is 5.91 Å². The number of benzene rings is 1. The van der Waals surface area contributed by atoms with Gasteiger partial charge in [0.15, 0.2) is 0 Å². The van der Waals surface area contributed by atoms with Crippen molar-refractivity contribution < 1.29 is 9.53 Å². The van der Waals surface area contributed by atoms with Gasteiger partial charge < -0.3 is 15.5 Å². The second-order valence-electron chi connectivity index (χ2n) is 4.93. The molecule has 0 aliphatic rings. The smallest absolute Gasteiger partial charge is 0.259 e.